The van der Waals surface area contributed by atoms with E-state index in [1.54, 1.807) is 6.92 Å². The van der Waals surface area contributed by atoms with E-state index < -0.39 is 43.2 Å². The summed E-state index contributed by atoms with van der Waals surface area (Å²) < 4.78 is 5.38. The molecule has 2 unspecified atom stereocenters. The molecule has 116 valence electrons. The maximum atomic E-state index is 10.1. The zero-order valence-corrected chi connectivity index (χ0v) is 11.2. The fourth-order valence-electron chi connectivity index (χ4n) is 2.58. The number of rotatable bonds is 2. The van der Waals surface area contributed by atoms with Crippen molar-refractivity contribution in [1.29, 1.82) is 0 Å². The van der Waals surface area contributed by atoms with Crippen molar-refractivity contribution in [1.82, 2.24) is 4.90 Å². The van der Waals surface area contributed by atoms with Crippen LogP contribution in [0.25, 0.3) is 0 Å². The number of hydrogen-bond donors (Lipinski definition) is 5. The summed E-state index contributed by atoms with van der Waals surface area (Å²) in [6, 6.07) is 0. The lowest BCUT2D eigenvalue weighted by Gasteiger charge is -2.32. The lowest BCUT2D eigenvalue weighted by atomic mass is 10.1. The van der Waals surface area contributed by atoms with Crippen molar-refractivity contribution in [3.63, 3.8) is 0 Å². The SMILES string of the molecule is CC1(N)N=CN=C2C1=NC(O)N2[C@@H]1O[C@H](CO)[C@@H](O)[C@H]1O. The van der Waals surface area contributed by atoms with Gasteiger partial charge in [0, 0.05) is 0 Å². The molecule has 3 aliphatic heterocycles. The molecule has 6 atom stereocenters. The minimum atomic E-state index is -1.37. The third kappa shape index (κ3) is 2.08. The van der Waals surface area contributed by atoms with Crippen molar-refractivity contribution in [2.45, 2.75) is 43.5 Å². The van der Waals surface area contributed by atoms with Crippen LogP contribution < -0.4 is 5.73 Å². The highest BCUT2D eigenvalue weighted by Crippen LogP contribution is 2.30. The van der Waals surface area contributed by atoms with Gasteiger partial charge < -0.3 is 30.9 Å². The van der Waals surface area contributed by atoms with Crippen LogP contribution in [0.4, 0.5) is 0 Å². The molecule has 0 bridgehead atoms. The molecular weight excluding hydrogens is 282 g/mol. The predicted molar refractivity (Wildman–Crippen MR) is 71.6 cm³/mol. The van der Waals surface area contributed by atoms with E-state index in [4.69, 9.17) is 15.6 Å². The molecule has 0 aromatic rings. The Morgan fingerprint density at radius 2 is 2.10 bits per heavy atom. The second kappa shape index (κ2) is 4.80. The van der Waals surface area contributed by atoms with Crippen molar-refractivity contribution in [2.24, 2.45) is 20.7 Å². The van der Waals surface area contributed by atoms with Gasteiger partial charge in [-0.15, -0.1) is 0 Å². The van der Waals surface area contributed by atoms with Gasteiger partial charge in [-0.25, -0.2) is 15.0 Å². The number of hydrogen-bond acceptors (Lipinski definition) is 10. The van der Waals surface area contributed by atoms with Crippen LogP contribution in [0.15, 0.2) is 15.0 Å². The third-order valence-electron chi connectivity index (χ3n) is 3.73. The third-order valence-corrected chi connectivity index (χ3v) is 3.73. The Labute approximate surface area is 119 Å². The Bertz CT molecular complexity index is 533. The Morgan fingerprint density at radius 3 is 2.71 bits per heavy atom. The van der Waals surface area contributed by atoms with E-state index in [-0.39, 0.29) is 11.5 Å². The van der Waals surface area contributed by atoms with Gasteiger partial charge in [0.15, 0.2) is 17.7 Å². The van der Waals surface area contributed by atoms with Gasteiger partial charge in [0.25, 0.3) is 0 Å². The number of ether oxygens (including phenoxy) is 1. The summed E-state index contributed by atoms with van der Waals surface area (Å²) in [5.41, 5.74) is 5.07. The molecule has 3 heterocycles. The lowest BCUT2D eigenvalue weighted by molar-refractivity contribution is -0.113. The van der Waals surface area contributed by atoms with Crippen LogP contribution >= 0.6 is 0 Å². The molecule has 10 heteroatoms. The average Bonchev–Trinajstić information content (AvgIpc) is 2.90. The summed E-state index contributed by atoms with van der Waals surface area (Å²) >= 11 is 0. The quantitative estimate of drug-likeness (QED) is 0.355. The van der Waals surface area contributed by atoms with Crippen LogP contribution in [-0.2, 0) is 4.74 Å². The molecule has 6 N–H and O–H groups in total. The average molecular weight is 299 g/mol. The molecule has 0 saturated carbocycles. The molecule has 3 rings (SSSR count). The van der Waals surface area contributed by atoms with Gasteiger partial charge in [0.2, 0.25) is 6.35 Å². The highest BCUT2D eigenvalue weighted by atomic mass is 16.6. The number of fused-ring (bicyclic) bond motifs is 1. The molecule has 1 fully saturated rings. The largest absolute Gasteiger partial charge is 0.394 e. The topological polar surface area (TPSA) is 156 Å². The highest BCUT2D eigenvalue weighted by molar-refractivity contribution is 6.47. The van der Waals surface area contributed by atoms with Crippen LogP contribution in [0.5, 0.6) is 0 Å². The Hall–Kier alpha value is -1.43. The van der Waals surface area contributed by atoms with Crippen molar-refractivity contribution in [3.05, 3.63) is 0 Å². The maximum absolute atomic E-state index is 10.1. The van der Waals surface area contributed by atoms with E-state index in [0.717, 1.165) is 0 Å². The zero-order valence-electron chi connectivity index (χ0n) is 11.2. The van der Waals surface area contributed by atoms with Gasteiger partial charge in [-0.2, -0.15) is 0 Å². The molecule has 0 aliphatic carbocycles. The number of amidine groups is 1. The molecule has 10 nitrogen and oxygen atoms in total. The van der Waals surface area contributed by atoms with Crippen molar-refractivity contribution >= 4 is 17.9 Å². The summed E-state index contributed by atoms with van der Waals surface area (Å²) in [6.45, 7) is 1.14. The molecule has 0 amide bonds. The van der Waals surface area contributed by atoms with Gasteiger partial charge in [0.1, 0.15) is 30.4 Å². The molecule has 0 radical (unpaired) electrons. The standard InChI is InChI=1S/C11H17N5O5/c1-11(12)7-8(13-3-14-11)16(10(20)15-7)9-6(19)5(18)4(2-17)21-9/h3-6,9-10,17-20H,2,12H2,1H3/t4-,5-,6-,9-,10?,11?/m1/s1. The molecule has 1 saturated heterocycles. The predicted octanol–water partition coefficient (Wildman–Crippen LogP) is -3.43. The smallest absolute Gasteiger partial charge is 0.229 e. The van der Waals surface area contributed by atoms with Crippen LogP contribution in [0.3, 0.4) is 0 Å². The minimum Gasteiger partial charge on any atom is -0.394 e. The van der Waals surface area contributed by atoms with Crippen LogP contribution in [0.1, 0.15) is 6.92 Å². The van der Waals surface area contributed by atoms with Crippen LogP contribution in [-0.4, -0.2) is 86.4 Å². The molecular formula is C11H17N5O5. The summed E-state index contributed by atoms with van der Waals surface area (Å²) in [4.78, 5) is 13.2. The molecule has 0 aromatic carbocycles. The Balaban J connectivity index is 1.91. The van der Waals surface area contributed by atoms with E-state index in [1.165, 1.54) is 11.2 Å². The molecule has 21 heavy (non-hydrogen) atoms. The van der Waals surface area contributed by atoms with Crippen LogP contribution in [0, 0.1) is 0 Å². The molecule has 3 aliphatic rings. The Morgan fingerprint density at radius 1 is 1.38 bits per heavy atom. The zero-order chi connectivity index (χ0) is 15.4. The fourth-order valence-corrected chi connectivity index (χ4v) is 2.58. The van der Waals surface area contributed by atoms with E-state index in [9.17, 15) is 15.3 Å². The monoisotopic (exact) mass is 299 g/mol. The number of aliphatic hydroxyl groups is 4. The number of nitrogens with two attached hydrogens (primary N) is 1. The maximum Gasteiger partial charge on any atom is 0.229 e. The number of aliphatic imine (C=N–C) groups is 3. The Kier molecular flexibility index (Phi) is 3.31. The first-order valence-electron chi connectivity index (χ1n) is 6.44. The van der Waals surface area contributed by atoms with E-state index in [1.807, 2.05) is 0 Å². The highest BCUT2D eigenvalue weighted by Gasteiger charge is 2.52. The molecule has 0 spiro atoms. The normalized spacial score (nSPS) is 45.6. The van der Waals surface area contributed by atoms with E-state index in [0.29, 0.717) is 0 Å². The summed E-state index contributed by atoms with van der Waals surface area (Å²) in [5, 5.41) is 39.1. The van der Waals surface area contributed by atoms with Crippen molar-refractivity contribution in [3.8, 4) is 0 Å². The second-order valence-corrected chi connectivity index (χ2v) is 5.31. The first-order valence-corrected chi connectivity index (χ1v) is 6.44. The van der Waals surface area contributed by atoms with Crippen LogP contribution in [0.2, 0.25) is 0 Å². The second-order valence-electron chi connectivity index (χ2n) is 5.31. The molecule has 0 aromatic heterocycles. The first kappa shape index (κ1) is 14.5. The summed E-state index contributed by atoms with van der Waals surface area (Å²) in [7, 11) is 0. The van der Waals surface area contributed by atoms with Crippen molar-refractivity contribution < 1.29 is 25.2 Å². The van der Waals surface area contributed by atoms with Gasteiger partial charge in [-0.05, 0) is 6.92 Å². The van der Waals surface area contributed by atoms with Gasteiger partial charge in [0.05, 0.1) is 6.61 Å². The van der Waals surface area contributed by atoms with Gasteiger partial charge in [-0.1, -0.05) is 0 Å². The van der Waals surface area contributed by atoms with Gasteiger partial charge >= 0.3 is 0 Å². The first-order chi connectivity index (χ1) is 9.86. The number of aliphatic hydroxyl groups excluding tert-OH is 4. The van der Waals surface area contributed by atoms with E-state index in [2.05, 4.69) is 15.0 Å². The lowest BCUT2D eigenvalue weighted by Crippen LogP contribution is -2.55. The van der Waals surface area contributed by atoms with Gasteiger partial charge in [-0.3, -0.25) is 4.90 Å². The fraction of sp³-hybridized carbons (Fsp3) is 0.727. The number of nitrogens with zero attached hydrogens (tertiary/aromatic N) is 4. The summed E-state index contributed by atoms with van der Waals surface area (Å²) in [5.74, 6) is 0.220. The van der Waals surface area contributed by atoms with E-state index >= 15 is 0 Å². The minimum absolute atomic E-state index is 0.220. The van der Waals surface area contributed by atoms with Crippen molar-refractivity contribution in [2.75, 3.05) is 6.61 Å². The summed E-state index contributed by atoms with van der Waals surface area (Å²) in [6.07, 6.45) is -4.80.